The number of carbonyl (C=O) groups excluding carboxylic acids is 1. The van der Waals surface area contributed by atoms with Crippen LogP contribution in [0.25, 0.3) is 0 Å². The van der Waals surface area contributed by atoms with Crippen molar-refractivity contribution in [2.45, 2.75) is 26.7 Å². The molecule has 0 saturated carbocycles. The van der Waals surface area contributed by atoms with E-state index in [2.05, 4.69) is 39.2 Å². The zero-order valence-corrected chi connectivity index (χ0v) is 15.4. The number of aromatic nitrogens is 1. The van der Waals surface area contributed by atoms with Gasteiger partial charge in [-0.15, -0.1) is 0 Å². The number of carbonyl (C=O) groups is 1. The highest BCUT2D eigenvalue weighted by atomic mass is 79.9. The van der Waals surface area contributed by atoms with E-state index in [1.54, 1.807) is 17.2 Å². The second kappa shape index (κ2) is 8.11. The van der Waals surface area contributed by atoms with Gasteiger partial charge in [0.1, 0.15) is 5.69 Å². The fourth-order valence-electron chi connectivity index (χ4n) is 2.18. The molecule has 23 heavy (non-hydrogen) atoms. The van der Waals surface area contributed by atoms with E-state index in [1.165, 1.54) is 0 Å². The van der Waals surface area contributed by atoms with Crippen molar-refractivity contribution in [3.05, 3.63) is 52.3 Å². The van der Waals surface area contributed by atoms with Crippen molar-refractivity contribution in [2.75, 3.05) is 18.9 Å². The number of nitrogens with one attached hydrogen (secondary N) is 1. The van der Waals surface area contributed by atoms with E-state index in [-0.39, 0.29) is 5.91 Å². The summed E-state index contributed by atoms with van der Waals surface area (Å²) in [5.74, 6) is -0.0375. The predicted octanol–water partition coefficient (Wildman–Crippen LogP) is 4.77. The average molecular weight is 376 g/mol. The number of rotatable bonds is 6. The molecule has 0 radical (unpaired) electrons. The number of unbranched alkanes of at least 4 members (excludes halogenated alkanes) is 1. The van der Waals surface area contributed by atoms with Crippen LogP contribution in [-0.2, 0) is 0 Å². The van der Waals surface area contributed by atoms with E-state index in [1.807, 2.05) is 32.2 Å². The lowest BCUT2D eigenvalue weighted by molar-refractivity contribution is 0.0787. The molecule has 0 bridgehead atoms. The van der Waals surface area contributed by atoms with Gasteiger partial charge in [-0.25, -0.2) is 4.98 Å². The lowest BCUT2D eigenvalue weighted by Gasteiger charge is -2.16. The minimum atomic E-state index is -0.0375. The number of pyridine rings is 1. The van der Waals surface area contributed by atoms with E-state index in [0.29, 0.717) is 5.69 Å². The van der Waals surface area contributed by atoms with Crippen molar-refractivity contribution < 1.29 is 4.79 Å². The molecule has 0 fully saturated rings. The van der Waals surface area contributed by atoms with Gasteiger partial charge in [0.2, 0.25) is 0 Å². The Kier molecular flexibility index (Phi) is 6.16. The van der Waals surface area contributed by atoms with Crippen LogP contribution in [0.1, 0.15) is 35.8 Å². The Labute approximate surface area is 146 Å². The van der Waals surface area contributed by atoms with Gasteiger partial charge in [-0.3, -0.25) is 4.79 Å². The van der Waals surface area contributed by atoms with Crippen LogP contribution in [0.15, 0.2) is 41.0 Å². The normalized spacial score (nSPS) is 10.4. The number of benzene rings is 1. The Balaban J connectivity index is 2.04. The van der Waals surface area contributed by atoms with E-state index >= 15 is 0 Å². The molecule has 1 N–H and O–H groups in total. The molecule has 0 atom stereocenters. The Morgan fingerprint density at radius 2 is 2.00 bits per heavy atom. The number of hydrogen-bond donors (Lipinski definition) is 1. The Hall–Kier alpha value is -1.88. The Bertz CT molecular complexity index is 670. The maximum absolute atomic E-state index is 12.2. The highest BCUT2D eigenvalue weighted by Crippen LogP contribution is 2.22. The van der Waals surface area contributed by atoms with Crippen LogP contribution >= 0.6 is 15.9 Å². The summed E-state index contributed by atoms with van der Waals surface area (Å²) >= 11 is 3.49. The number of anilines is 2. The van der Waals surface area contributed by atoms with Crippen molar-refractivity contribution in [1.82, 2.24) is 9.88 Å². The minimum Gasteiger partial charge on any atom is -0.354 e. The molecule has 1 amide bonds. The minimum absolute atomic E-state index is 0.0375. The summed E-state index contributed by atoms with van der Waals surface area (Å²) in [6.07, 6.45) is 3.77. The highest BCUT2D eigenvalue weighted by molar-refractivity contribution is 9.10. The Morgan fingerprint density at radius 3 is 2.61 bits per heavy atom. The lowest BCUT2D eigenvalue weighted by Crippen LogP contribution is -2.28. The summed E-state index contributed by atoms with van der Waals surface area (Å²) in [7, 11) is 1.82. The van der Waals surface area contributed by atoms with E-state index in [9.17, 15) is 4.79 Å². The summed E-state index contributed by atoms with van der Waals surface area (Å²) < 4.78 is 1.08. The van der Waals surface area contributed by atoms with Crippen molar-refractivity contribution >= 4 is 33.2 Å². The molecule has 2 aromatic rings. The summed E-state index contributed by atoms with van der Waals surface area (Å²) in [6, 6.07) is 9.70. The van der Waals surface area contributed by atoms with Gasteiger partial charge in [0.25, 0.3) is 5.91 Å². The first-order valence-corrected chi connectivity index (χ1v) is 8.55. The third kappa shape index (κ3) is 4.79. The van der Waals surface area contributed by atoms with Crippen LogP contribution in [0.3, 0.4) is 0 Å². The predicted molar refractivity (Wildman–Crippen MR) is 98.3 cm³/mol. The van der Waals surface area contributed by atoms with E-state index in [0.717, 1.165) is 40.8 Å². The standard InChI is InChI=1S/C18H22BrN3O/c1-4-5-10-22(3)18(23)17-9-7-15(12-20-17)21-14-6-8-16(19)13(2)11-14/h6-9,11-12,21H,4-5,10H2,1-3H3. The van der Waals surface area contributed by atoms with E-state index < -0.39 is 0 Å². The van der Waals surface area contributed by atoms with Crippen molar-refractivity contribution in [2.24, 2.45) is 0 Å². The fraction of sp³-hybridized carbons (Fsp3) is 0.333. The molecule has 0 saturated heterocycles. The van der Waals surface area contributed by atoms with Crippen LogP contribution in [0.4, 0.5) is 11.4 Å². The zero-order valence-electron chi connectivity index (χ0n) is 13.8. The van der Waals surface area contributed by atoms with Gasteiger partial charge in [0.05, 0.1) is 11.9 Å². The molecule has 0 aliphatic heterocycles. The number of amides is 1. The summed E-state index contributed by atoms with van der Waals surface area (Å²) in [6.45, 7) is 4.91. The summed E-state index contributed by atoms with van der Waals surface area (Å²) in [4.78, 5) is 18.2. The fourth-order valence-corrected chi connectivity index (χ4v) is 2.42. The van der Waals surface area contributed by atoms with Gasteiger partial charge in [0.15, 0.2) is 0 Å². The van der Waals surface area contributed by atoms with Gasteiger partial charge in [-0.2, -0.15) is 0 Å². The number of halogens is 1. The largest absolute Gasteiger partial charge is 0.354 e. The first-order valence-electron chi connectivity index (χ1n) is 7.76. The van der Waals surface area contributed by atoms with Crippen LogP contribution in [0.2, 0.25) is 0 Å². The molecule has 122 valence electrons. The molecule has 2 rings (SSSR count). The molecule has 0 aliphatic rings. The second-order valence-electron chi connectivity index (χ2n) is 5.60. The topological polar surface area (TPSA) is 45.2 Å². The third-order valence-electron chi connectivity index (χ3n) is 3.62. The SMILES string of the molecule is CCCCN(C)C(=O)c1ccc(Nc2ccc(Br)c(C)c2)cn1. The zero-order chi connectivity index (χ0) is 16.8. The van der Waals surface area contributed by atoms with Gasteiger partial charge in [-0.1, -0.05) is 29.3 Å². The molecular formula is C18H22BrN3O. The maximum atomic E-state index is 12.2. The number of nitrogens with zero attached hydrogens (tertiary/aromatic N) is 2. The molecule has 0 aliphatic carbocycles. The van der Waals surface area contributed by atoms with Crippen LogP contribution in [0.5, 0.6) is 0 Å². The molecule has 1 aromatic heterocycles. The number of hydrogen-bond acceptors (Lipinski definition) is 3. The van der Waals surface area contributed by atoms with Gasteiger partial charge < -0.3 is 10.2 Å². The van der Waals surface area contributed by atoms with Crippen molar-refractivity contribution in [3.8, 4) is 0 Å². The maximum Gasteiger partial charge on any atom is 0.272 e. The molecule has 0 unspecified atom stereocenters. The monoisotopic (exact) mass is 375 g/mol. The van der Waals surface area contributed by atoms with Gasteiger partial charge in [0, 0.05) is 23.8 Å². The van der Waals surface area contributed by atoms with E-state index in [4.69, 9.17) is 0 Å². The molecule has 0 spiro atoms. The summed E-state index contributed by atoms with van der Waals surface area (Å²) in [5, 5.41) is 3.29. The quantitative estimate of drug-likeness (QED) is 0.790. The summed E-state index contributed by atoms with van der Waals surface area (Å²) in [5.41, 5.74) is 3.49. The first-order chi connectivity index (χ1) is 11.0. The van der Waals surface area contributed by atoms with Crippen LogP contribution < -0.4 is 5.32 Å². The molecular weight excluding hydrogens is 354 g/mol. The van der Waals surface area contributed by atoms with Crippen LogP contribution in [-0.4, -0.2) is 29.4 Å². The molecule has 5 heteroatoms. The Morgan fingerprint density at radius 1 is 1.26 bits per heavy atom. The second-order valence-corrected chi connectivity index (χ2v) is 6.46. The smallest absolute Gasteiger partial charge is 0.272 e. The van der Waals surface area contributed by atoms with Gasteiger partial charge >= 0.3 is 0 Å². The first kappa shape index (κ1) is 17.5. The van der Waals surface area contributed by atoms with Gasteiger partial charge in [-0.05, 0) is 49.2 Å². The highest BCUT2D eigenvalue weighted by Gasteiger charge is 2.12. The van der Waals surface area contributed by atoms with Crippen molar-refractivity contribution in [1.29, 1.82) is 0 Å². The molecule has 4 nitrogen and oxygen atoms in total. The lowest BCUT2D eigenvalue weighted by atomic mass is 10.2. The van der Waals surface area contributed by atoms with Crippen LogP contribution in [0, 0.1) is 6.92 Å². The number of aryl methyl sites for hydroxylation is 1. The molecule has 1 aromatic carbocycles. The average Bonchev–Trinajstić information content (AvgIpc) is 2.56. The molecule has 1 heterocycles. The third-order valence-corrected chi connectivity index (χ3v) is 4.51. The van der Waals surface area contributed by atoms with Crippen molar-refractivity contribution in [3.63, 3.8) is 0 Å².